The Hall–Kier alpha value is -2.43. The zero-order chi connectivity index (χ0) is 25.9. The second kappa shape index (κ2) is 14.3. The number of likely N-dealkylation sites (N-methyl/N-ethyl adjacent to an activating group) is 1. The topological polar surface area (TPSA) is 55.6 Å². The molecule has 1 aliphatic carbocycles. The molecule has 196 valence electrons. The molecular formula is C32H46N2O2. The fraction of sp³-hybridized carbons (Fsp3) is 0.531. The Morgan fingerprint density at radius 3 is 2.36 bits per heavy atom. The van der Waals surface area contributed by atoms with Gasteiger partial charge in [0.2, 0.25) is 0 Å². The van der Waals surface area contributed by atoms with E-state index in [1.807, 2.05) is 0 Å². The quantitative estimate of drug-likeness (QED) is 0.183. The lowest BCUT2D eigenvalue weighted by Gasteiger charge is -2.29. The van der Waals surface area contributed by atoms with Gasteiger partial charge in [-0.1, -0.05) is 75.6 Å². The fourth-order valence-electron chi connectivity index (χ4n) is 5.37. The molecule has 1 fully saturated rings. The number of unbranched alkanes of at least 4 members (excludes halogenated alkanes) is 2. The lowest BCUT2D eigenvalue weighted by atomic mass is 9.77. The second-order valence-electron chi connectivity index (χ2n) is 10.7. The smallest absolute Gasteiger partial charge is 0.333 e. The van der Waals surface area contributed by atoms with Gasteiger partial charge in [0.1, 0.15) is 6.61 Å². The van der Waals surface area contributed by atoms with E-state index in [9.17, 15) is 4.79 Å². The molecule has 36 heavy (non-hydrogen) atoms. The standard InChI is InChI=1S/C32H46N2O2/c1-5-6-7-8-25-9-11-26(12-10-25)27-13-15-28(16-14-27)29-17-18-30(22-34(4)20-19-33)31(21-29)23-36-32(35)24(2)3/h13-18,21,25-26H,2,5-12,19-20,22-23,33H2,1,3-4H3. The highest BCUT2D eigenvalue weighted by Gasteiger charge is 2.22. The molecule has 0 heterocycles. The van der Waals surface area contributed by atoms with Crippen molar-refractivity contribution in [1.29, 1.82) is 0 Å². The zero-order valence-electron chi connectivity index (χ0n) is 22.7. The third-order valence-corrected chi connectivity index (χ3v) is 7.64. The van der Waals surface area contributed by atoms with Crippen molar-refractivity contribution in [2.75, 3.05) is 20.1 Å². The molecule has 3 rings (SSSR count). The molecule has 2 aromatic carbocycles. The molecule has 0 bridgehead atoms. The van der Waals surface area contributed by atoms with E-state index in [4.69, 9.17) is 10.5 Å². The maximum atomic E-state index is 12.0. The van der Waals surface area contributed by atoms with Gasteiger partial charge >= 0.3 is 5.97 Å². The minimum atomic E-state index is -0.355. The van der Waals surface area contributed by atoms with Crippen LogP contribution in [0.4, 0.5) is 0 Å². The zero-order valence-corrected chi connectivity index (χ0v) is 22.7. The molecule has 4 heteroatoms. The van der Waals surface area contributed by atoms with Crippen LogP contribution in [0.15, 0.2) is 54.6 Å². The number of carbonyl (C=O) groups is 1. The van der Waals surface area contributed by atoms with E-state index in [2.05, 4.69) is 67.9 Å². The van der Waals surface area contributed by atoms with E-state index in [0.29, 0.717) is 18.0 Å². The lowest BCUT2D eigenvalue weighted by Crippen LogP contribution is -2.25. The first kappa shape index (κ1) is 28.1. The van der Waals surface area contributed by atoms with Crippen molar-refractivity contribution in [3.8, 4) is 11.1 Å². The average Bonchev–Trinajstić information content (AvgIpc) is 2.88. The van der Waals surface area contributed by atoms with Crippen LogP contribution >= 0.6 is 0 Å². The van der Waals surface area contributed by atoms with Crippen molar-refractivity contribution in [2.24, 2.45) is 11.7 Å². The summed E-state index contributed by atoms with van der Waals surface area (Å²) in [7, 11) is 2.06. The average molecular weight is 491 g/mol. The van der Waals surface area contributed by atoms with Crippen LogP contribution < -0.4 is 5.73 Å². The first-order chi connectivity index (χ1) is 17.4. The van der Waals surface area contributed by atoms with Crippen LogP contribution in [0.3, 0.4) is 0 Å². The van der Waals surface area contributed by atoms with E-state index in [-0.39, 0.29) is 12.6 Å². The molecule has 0 radical (unpaired) electrons. The predicted octanol–water partition coefficient (Wildman–Crippen LogP) is 7.22. The molecular weight excluding hydrogens is 444 g/mol. The van der Waals surface area contributed by atoms with Crippen LogP contribution in [-0.4, -0.2) is 31.0 Å². The molecule has 1 saturated carbocycles. The van der Waals surface area contributed by atoms with Gasteiger partial charge in [-0.15, -0.1) is 0 Å². The summed E-state index contributed by atoms with van der Waals surface area (Å²) in [6, 6.07) is 15.6. The third kappa shape index (κ3) is 8.31. The van der Waals surface area contributed by atoms with E-state index in [0.717, 1.165) is 35.7 Å². The fourth-order valence-corrected chi connectivity index (χ4v) is 5.37. The van der Waals surface area contributed by atoms with Crippen LogP contribution in [0.1, 0.15) is 87.8 Å². The van der Waals surface area contributed by atoms with Crippen molar-refractivity contribution in [3.05, 3.63) is 71.3 Å². The van der Waals surface area contributed by atoms with Gasteiger partial charge in [-0.3, -0.25) is 0 Å². The number of nitrogens with two attached hydrogens (primary N) is 1. The number of hydrogen-bond acceptors (Lipinski definition) is 4. The maximum Gasteiger partial charge on any atom is 0.333 e. The van der Waals surface area contributed by atoms with Crippen LogP contribution in [-0.2, 0) is 22.7 Å². The van der Waals surface area contributed by atoms with Crippen molar-refractivity contribution in [2.45, 2.75) is 84.3 Å². The third-order valence-electron chi connectivity index (χ3n) is 7.64. The Morgan fingerprint density at radius 2 is 1.72 bits per heavy atom. The summed E-state index contributed by atoms with van der Waals surface area (Å²) in [5, 5.41) is 0. The first-order valence-corrected chi connectivity index (χ1v) is 13.8. The molecule has 1 aliphatic rings. The molecule has 2 aromatic rings. The largest absolute Gasteiger partial charge is 0.457 e. The summed E-state index contributed by atoms with van der Waals surface area (Å²) in [5.74, 6) is 1.28. The van der Waals surface area contributed by atoms with Crippen LogP contribution in [0.5, 0.6) is 0 Å². The molecule has 0 spiro atoms. The Morgan fingerprint density at radius 1 is 1.03 bits per heavy atom. The molecule has 0 aliphatic heterocycles. The Labute approximate surface area is 218 Å². The minimum Gasteiger partial charge on any atom is -0.457 e. The molecule has 0 aromatic heterocycles. The van der Waals surface area contributed by atoms with E-state index in [1.165, 1.54) is 62.5 Å². The SMILES string of the molecule is C=C(C)C(=O)OCc1cc(-c2ccc(C3CCC(CCCCC)CC3)cc2)ccc1CN(C)CCN. The van der Waals surface area contributed by atoms with Gasteiger partial charge in [0.05, 0.1) is 0 Å². The highest BCUT2D eigenvalue weighted by atomic mass is 16.5. The number of carbonyl (C=O) groups excluding carboxylic acids is 1. The van der Waals surface area contributed by atoms with Crippen molar-refractivity contribution in [3.63, 3.8) is 0 Å². The molecule has 0 amide bonds. The Bertz CT molecular complexity index is 974. The van der Waals surface area contributed by atoms with Gasteiger partial charge in [0.25, 0.3) is 0 Å². The number of esters is 1. The number of benzene rings is 2. The highest BCUT2D eigenvalue weighted by Crippen LogP contribution is 2.38. The maximum absolute atomic E-state index is 12.0. The predicted molar refractivity (Wildman–Crippen MR) is 151 cm³/mol. The van der Waals surface area contributed by atoms with Crippen LogP contribution in [0.25, 0.3) is 11.1 Å². The number of nitrogens with zero attached hydrogens (tertiary/aromatic N) is 1. The summed E-state index contributed by atoms with van der Waals surface area (Å²) < 4.78 is 5.52. The lowest BCUT2D eigenvalue weighted by molar-refractivity contribution is -0.140. The van der Waals surface area contributed by atoms with Crippen molar-refractivity contribution < 1.29 is 9.53 Å². The van der Waals surface area contributed by atoms with E-state index < -0.39 is 0 Å². The summed E-state index contributed by atoms with van der Waals surface area (Å²) in [6.07, 6.45) is 10.9. The summed E-state index contributed by atoms with van der Waals surface area (Å²) in [4.78, 5) is 14.2. The van der Waals surface area contributed by atoms with E-state index >= 15 is 0 Å². The van der Waals surface area contributed by atoms with Gasteiger partial charge in [-0.25, -0.2) is 4.79 Å². The molecule has 4 nitrogen and oxygen atoms in total. The number of hydrogen-bond donors (Lipinski definition) is 1. The van der Waals surface area contributed by atoms with Gasteiger partial charge in [0.15, 0.2) is 0 Å². The minimum absolute atomic E-state index is 0.241. The molecule has 0 unspecified atom stereocenters. The second-order valence-corrected chi connectivity index (χ2v) is 10.7. The van der Waals surface area contributed by atoms with E-state index in [1.54, 1.807) is 6.92 Å². The Kier molecular flexibility index (Phi) is 11.2. The monoisotopic (exact) mass is 490 g/mol. The summed E-state index contributed by atoms with van der Waals surface area (Å²) in [6.45, 7) is 10.1. The number of rotatable bonds is 13. The van der Waals surface area contributed by atoms with Gasteiger partial charge in [0, 0.05) is 25.2 Å². The van der Waals surface area contributed by atoms with Crippen molar-refractivity contribution >= 4 is 5.97 Å². The Balaban J connectivity index is 1.69. The van der Waals surface area contributed by atoms with Gasteiger partial charge in [-0.2, -0.15) is 0 Å². The molecule has 0 atom stereocenters. The molecule has 2 N–H and O–H groups in total. The first-order valence-electron chi connectivity index (χ1n) is 13.8. The van der Waals surface area contributed by atoms with Gasteiger partial charge < -0.3 is 15.4 Å². The highest BCUT2D eigenvalue weighted by molar-refractivity contribution is 5.86. The number of ether oxygens (including phenoxy) is 1. The normalized spacial score (nSPS) is 17.8. The van der Waals surface area contributed by atoms with Crippen LogP contribution in [0.2, 0.25) is 0 Å². The summed E-state index contributed by atoms with van der Waals surface area (Å²) >= 11 is 0. The van der Waals surface area contributed by atoms with Crippen LogP contribution in [0, 0.1) is 5.92 Å². The van der Waals surface area contributed by atoms with Crippen molar-refractivity contribution in [1.82, 2.24) is 4.90 Å². The summed E-state index contributed by atoms with van der Waals surface area (Å²) in [5.41, 5.74) is 12.1. The molecule has 0 saturated heterocycles. The van der Waals surface area contributed by atoms with Gasteiger partial charge in [-0.05, 0) is 85.4 Å².